The maximum Gasteiger partial charge on any atom is 0.194 e. The van der Waals surface area contributed by atoms with Gasteiger partial charge in [0.2, 0.25) is 0 Å². The molecule has 0 radical (unpaired) electrons. The van der Waals surface area contributed by atoms with Gasteiger partial charge in [-0.15, -0.1) is 0 Å². The molecule has 0 heterocycles. The van der Waals surface area contributed by atoms with Crippen LogP contribution >= 0.6 is 11.6 Å². The molecule has 0 saturated heterocycles. The summed E-state index contributed by atoms with van der Waals surface area (Å²) in [6.07, 6.45) is 0. The number of hydrogen-bond donors (Lipinski definition) is 2. The molecule has 0 bridgehead atoms. The van der Waals surface area contributed by atoms with Crippen molar-refractivity contribution in [3.05, 3.63) is 0 Å². The van der Waals surface area contributed by atoms with E-state index in [-0.39, 0.29) is 17.0 Å². The second-order valence-electron chi connectivity index (χ2n) is 1.97. The van der Waals surface area contributed by atoms with E-state index in [0.717, 1.165) is 0 Å². The van der Waals surface area contributed by atoms with Crippen LogP contribution in [-0.2, 0) is 0 Å². The summed E-state index contributed by atoms with van der Waals surface area (Å²) in [6.45, 7) is 3.71. The largest absolute Gasteiger partial charge is 0.374 e. The number of nitrogens with one attached hydrogen (secondary N) is 1. The number of amidine groups is 2. The Kier molecular flexibility index (Phi) is 3.24. The van der Waals surface area contributed by atoms with Crippen molar-refractivity contribution >= 4 is 22.7 Å². The molecule has 3 N–H and O–H groups in total. The summed E-state index contributed by atoms with van der Waals surface area (Å²) in [7, 11) is 0. The van der Waals surface area contributed by atoms with Gasteiger partial charge in [-0.2, -0.15) is 0 Å². The number of aliphatic imine (C=N–C) groups is 1. The van der Waals surface area contributed by atoms with E-state index in [9.17, 15) is 0 Å². The van der Waals surface area contributed by atoms with Crippen LogP contribution in [0.5, 0.6) is 0 Å². The first-order valence-corrected chi connectivity index (χ1v) is 3.00. The second-order valence-corrected chi connectivity index (χ2v) is 2.36. The lowest BCUT2D eigenvalue weighted by Gasteiger charge is -1.98. The molecule has 52 valence electrons. The van der Waals surface area contributed by atoms with Crippen molar-refractivity contribution in [1.29, 1.82) is 5.41 Å². The van der Waals surface area contributed by atoms with Crippen LogP contribution in [0.4, 0.5) is 0 Å². The van der Waals surface area contributed by atoms with Crippen LogP contribution in [0, 0.1) is 11.3 Å². The summed E-state index contributed by atoms with van der Waals surface area (Å²) < 4.78 is 0. The molecule has 4 heteroatoms. The fraction of sp³-hybridized carbons (Fsp3) is 0.600. The van der Waals surface area contributed by atoms with Crippen molar-refractivity contribution < 1.29 is 0 Å². The molecule has 9 heavy (non-hydrogen) atoms. The molecule has 0 aromatic rings. The van der Waals surface area contributed by atoms with Gasteiger partial charge in [0.05, 0.1) is 0 Å². The summed E-state index contributed by atoms with van der Waals surface area (Å²) in [4.78, 5) is 3.52. The average Bonchev–Trinajstić information content (AvgIpc) is 1.63. The molecule has 0 fully saturated rings. The number of nitrogens with zero attached hydrogens (tertiary/aromatic N) is 1. The fourth-order valence-corrected chi connectivity index (χ4v) is 0.335. The SMILES string of the molecule is CC(C)C(=N)N=C(N)Cl. The molecule has 0 aliphatic heterocycles. The molecule has 0 aliphatic rings. The third kappa shape index (κ3) is 3.97. The summed E-state index contributed by atoms with van der Waals surface area (Å²) in [6, 6.07) is 0. The van der Waals surface area contributed by atoms with E-state index in [1.165, 1.54) is 0 Å². The Balaban J connectivity index is 3.93. The molecule has 0 amide bonds. The molecular weight excluding hydrogens is 138 g/mol. The molecule has 0 aromatic carbocycles. The van der Waals surface area contributed by atoms with Crippen molar-refractivity contribution in [2.24, 2.45) is 16.6 Å². The van der Waals surface area contributed by atoms with E-state index in [1.807, 2.05) is 13.8 Å². The van der Waals surface area contributed by atoms with E-state index in [2.05, 4.69) is 4.99 Å². The van der Waals surface area contributed by atoms with Crippen molar-refractivity contribution in [3.8, 4) is 0 Å². The monoisotopic (exact) mass is 147 g/mol. The van der Waals surface area contributed by atoms with Gasteiger partial charge in [0.1, 0.15) is 5.84 Å². The van der Waals surface area contributed by atoms with Crippen molar-refractivity contribution in [3.63, 3.8) is 0 Å². The Morgan fingerprint density at radius 3 is 2.22 bits per heavy atom. The van der Waals surface area contributed by atoms with Gasteiger partial charge < -0.3 is 5.73 Å². The zero-order chi connectivity index (χ0) is 7.44. The molecule has 0 aliphatic carbocycles. The Bertz CT molecular complexity index is 135. The molecular formula is C5H10ClN3. The van der Waals surface area contributed by atoms with E-state index in [4.69, 9.17) is 22.7 Å². The quantitative estimate of drug-likeness (QED) is 0.327. The molecule has 0 spiro atoms. The Labute approximate surface area is 59.4 Å². The zero-order valence-electron chi connectivity index (χ0n) is 5.48. The summed E-state index contributed by atoms with van der Waals surface area (Å²) >= 11 is 5.20. The van der Waals surface area contributed by atoms with Gasteiger partial charge in [-0.25, -0.2) is 4.99 Å². The average molecular weight is 148 g/mol. The first-order chi connectivity index (χ1) is 4.04. The number of hydrogen-bond acceptors (Lipinski definition) is 1. The zero-order valence-corrected chi connectivity index (χ0v) is 6.24. The minimum absolute atomic E-state index is 0.0753. The maximum atomic E-state index is 7.12. The first kappa shape index (κ1) is 8.43. The van der Waals surface area contributed by atoms with Crippen LogP contribution < -0.4 is 5.73 Å². The van der Waals surface area contributed by atoms with Gasteiger partial charge in [-0.05, 0) is 11.6 Å². The second kappa shape index (κ2) is 3.45. The van der Waals surface area contributed by atoms with Gasteiger partial charge in [0, 0.05) is 5.92 Å². The van der Waals surface area contributed by atoms with Gasteiger partial charge >= 0.3 is 0 Å². The van der Waals surface area contributed by atoms with Gasteiger partial charge in [0.15, 0.2) is 5.29 Å². The summed E-state index contributed by atoms with van der Waals surface area (Å²) in [5.41, 5.74) is 5.01. The Morgan fingerprint density at radius 2 is 2.11 bits per heavy atom. The summed E-state index contributed by atoms with van der Waals surface area (Å²) in [5.74, 6) is 0.296. The van der Waals surface area contributed by atoms with Crippen LogP contribution in [0.1, 0.15) is 13.8 Å². The van der Waals surface area contributed by atoms with Gasteiger partial charge in [-0.1, -0.05) is 13.8 Å². The Morgan fingerprint density at radius 1 is 1.67 bits per heavy atom. The smallest absolute Gasteiger partial charge is 0.194 e. The van der Waals surface area contributed by atoms with E-state index >= 15 is 0 Å². The summed E-state index contributed by atoms with van der Waals surface area (Å²) in [5, 5.41) is 7.05. The molecule has 0 saturated carbocycles. The molecule has 0 unspecified atom stereocenters. The number of nitrogens with two attached hydrogens (primary N) is 1. The lowest BCUT2D eigenvalue weighted by atomic mass is 10.2. The van der Waals surface area contributed by atoms with E-state index in [0.29, 0.717) is 0 Å². The highest BCUT2D eigenvalue weighted by Crippen LogP contribution is 1.95. The minimum atomic E-state index is -0.0753. The normalized spacial score (nSPS) is 12.2. The first-order valence-electron chi connectivity index (χ1n) is 2.62. The minimum Gasteiger partial charge on any atom is -0.374 e. The van der Waals surface area contributed by atoms with Gasteiger partial charge in [-0.3, -0.25) is 5.41 Å². The predicted molar refractivity (Wildman–Crippen MR) is 40.0 cm³/mol. The highest BCUT2D eigenvalue weighted by molar-refractivity contribution is 6.65. The van der Waals surface area contributed by atoms with Gasteiger partial charge in [0.25, 0.3) is 0 Å². The van der Waals surface area contributed by atoms with Crippen molar-refractivity contribution in [1.82, 2.24) is 0 Å². The maximum absolute atomic E-state index is 7.12. The molecule has 0 rings (SSSR count). The van der Waals surface area contributed by atoms with Crippen LogP contribution in [-0.4, -0.2) is 11.1 Å². The topological polar surface area (TPSA) is 62.2 Å². The molecule has 0 atom stereocenters. The fourth-order valence-electron chi connectivity index (χ4n) is 0.244. The standard InChI is InChI=1S/C5H10ClN3/c1-3(2)4(7)9-5(6)8/h3H,1-2H3,(H3,7,8,9). The van der Waals surface area contributed by atoms with E-state index in [1.54, 1.807) is 0 Å². The number of halogens is 1. The lowest BCUT2D eigenvalue weighted by molar-refractivity contribution is 0.865. The van der Waals surface area contributed by atoms with E-state index < -0.39 is 0 Å². The predicted octanol–water partition coefficient (Wildman–Crippen LogP) is 1.17. The highest BCUT2D eigenvalue weighted by Gasteiger charge is 1.99. The van der Waals surface area contributed by atoms with Crippen LogP contribution in [0.2, 0.25) is 0 Å². The molecule has 0 aromatic heterocycles. The highest BCUT2D eigenvalue weighted by atomic mass is 35.5. The Hall–Kier alpha value is -0.570. The van der Waals surface area contributed by atoms with Crippen LogP contribution in [0.15, 0.2) is 4.99 Å². The number of rotatable bonds is 1. The van der Waals surface area contributed by atoms with Crippen LogP contribution in [0.3, 0.4) is 0 Å². The third-order valence-corrected chi connectivity index (χ3v) is 0.859. The molecule has 3 nitrogen and oxygen atoms in total. The lowest BCUT2D eigenvalue weighted by Crippen LogP contribution is -2.09. The van der Waals surface area contributed by atoms with Crippen molar-refractivity contribution in [2.45, 2.75) is 13.8 Å². The van der Waals surface area contributed by atoms with Crippen molar-refractivity contribution in [2.75, 3.05) is 0 Å². The third-order valence-electron chi connectivity index (χ3n) is 0.774. The van der Waals surface area contributed by atoms with Crippen LogP contribution in [0.25, 0.3) is 0 Å².